The number of benzene rings is 1. The van der Waals surface area contributed by atoms with Crippen molar-refractivity contribution >= 4 is 0 Å². The molecule has 0 unspecified atom stereocenters. The molecule has 19 heavy (non-hydrogen) atoms. The van der Waals surface area contributed by atoms with Gasteiger partial charge in [-0.2, -0.15) is 0 Å². The van der Waals surface area contributed by atoms with Gasteiger partial charge in [0.1, 0.15) is 5.75 Å². The average Bonchev–Trinajstić information content (AvgIpc) is 2.90. The Balaban J connectivity index is 2.00. The number of hydrogen-bond donors (Lipinski definition) is 1. The molecule has 0 saturated heterocycles. The van der Waals surface area contributed by atoms with Gasteiger partial charge in [0.25, 0.3) is 0 Å². The highest BCUT2D eigenvalue weighted by Crippen LogP contribution is 2.18. The van der Waals surface area contributed by atoms with Crippen LogP contribution in [0.4, 0.5) is 0 Å². The maximum absolute atomic E-state index is 5.34. The van der Waals surface area contributed by atoms with Gasteiger partial charge in [0, 0.05) is 6.54 Å². The minimum absolute atomic E-state index is 0.690. The zero-order valence-corrected chi connectivity index (χ0v) is 11.3. The summed E-state index contributed by atoms with van der Waals surface area (Å²) in [5, 5.41) is 15.0. The molecule has 0 amide bonds. The van der Waals surface area contributed by atoms with E-state index in [0.29, 0.717) is 6.54 Å². The molecule has 1 aromatic heterocycles. The van der Waals surface area contributed by atoms with E-state index in [4.69, 9.17) is 4.74 Å². The second kappa shape index (κ2) is 6.84. The lowest BCUT2D eigenvalue weighted by molar-refractivity contribution is 0.407. The van der Waals surface area contributed by atoms with Gasteiger partial charge in [0.15, 0.2) is 5.82 Å². The molecule has 0 aliphatic carbocycles. The Morgan fingerprint density at radius 1 is 1.32 bits per heavy atom. The highest BCUT2D eigenvalue weighted by Gasteiger charge is 2.07. The van der Waals surface area contributed by atoms with E-state index in [0.717, 1.165) is 36.6 Å². The van der Waals surface area contributed by atoms with Gasteiger partial charge in [-0.1, -0.05) is 25.1 Å². The monoisotopic (exact) mass is 261 g/mol. The molecule has 1 aromatic carbocycles. The fourth-order valence-corrected chi connectivity index (χ4v) is 1.90. The summed E-state index contributed by atoms with van der Waals surface area (Å²) in [6, 6.07) is 8.01. The Bertz CT molecular complexity index is 511. The van der Waals surface area contributed by atoms with Crippen molar-refractivity contribution in [1.82, 2.24) is 25.5 Å². The number of tetrazole rings is 1. The zero-order chi connectivity index (χ0) is 13.5. The molecule has 102 valence electrons. The third kappa shape index (κ3) is 3.51. The lowest BCUT2D eigenvalue weighted by Gasteiger charge is -2.08. The van der Waals surface area contributed by atoms with Crippen molar-refractivity contribution in [3.8, 4) is 5.75 Å². The molecule has 1 N–H and O–H groups in total. The maximum atomic E-state index is 5.34. The molecule has 0 bridgehead atoms. The normalized spacial score (nSPS) is 10.6. The van der Waals surface area contributed by atoms with Crippen molar-refractivity contribution in [3.05, 3.63) is 35.7 Å². The number of nitrogens with one attached hydrogen (secondary N) is 1. The molecule has 0 spiro atoms. The predicted molar refractivity (Wildman–Crippen MR) is 71.9 cm³/mol. The molecule has 2 aromatic rings. The number of rotatable bonds is 7. The van der Waals surface area contributed by atoms with E-state index in [1.54, 1.807) is 7.11 Å². The molecule has 0 aliphatic heterocycles. The molecule has 6 heteroatoms. The number of aryl methyl sites for hydroxylation is 2. The second-order valence-corrected chi connectivity index (χ2v) is 4.16. The van der Waals surface area contributed by atoms with Gasteiger partial charge >= 0.3 is 0 Å². The van der Waals surface area contributed by atoms with Gasteiger partial charge in [-0.05, 0) is 35.0 Å². The largest absolute Gasteiger partial charge is 0.496 e. The summed E-state index contributed by atoms with van der Waals surface area (Å²) in [4.78, 5) is 0. The van der Waals surface area contributed by atoms with Crippen LogP contribution in [0.2, 0.25) is 0 Å². The molecular formula is C13H19N5O. The molecule has 0 fully saturated rings. The van der Waals surface area contributed by atoms with E-state index in [-0.39, 0.29) is 0 Å². The van der Waals surface area contributed by atoms with Gasteiger partial charge in [-0.25, -0.2) is 4.68 Å². The van der Waals surface area contributed by atoms with Crippen LogP contribution in [0.3, 0.4) is 0 Å². The molecule has 1 heterocycles. The van der Waals surface area contributed by atoms with Crippen LogP contribution in [0.15, 0.2) is 24.3 Å². The molecule has 0 aliphatic rings. The standard InChI is InChI=1S/C13H19N5O/c1-3-14-10-13-15-16-17-18(13)9-8-11-6-4-5-7-12(11)19-2/h4-7,14H,3,8-10H2,1-2H3. The number of para-hydroxylation sites is 1. The van der Waals surface area contributed by atoms with Crippen molar-refractivity contribution in [1.29, 1.82) is 0 Å². The quantitative estimate of drug-likeness (QED) is 0.806. The maximum Gasteiger partial charge on any atom is 0.165 e. The number of methoxy groups -OCH3 is 1. The van der Waals surface area contributed by atoms with Crippen LogP contribution in [0.25, 0.3) is 0 Å². The van der Waals surface area contributed by atoms with Crippen LogP contribution in [0, 0.1) is 0 Å². The first-order chi connectivity index (χ1) is 9.35. The average molecular weight is 261 g/mol. The summed E-state index contributed by atoms with van der Waals surface area (Å²) in [5.41, 5.74) is 1.16. The Morgan fingerprint density at radius 2 is 2.16 bits per heavy atom. The first-order valence-electron chi connectivity index (χ1n) is 6.42. The summed E-state index contributed by atoms with van der Waals surface area (Å²) < 4.78 is 7.17. The first kappa shape index (κ1) is 13.5. The summed E-state index contributed by atoms with van der Waals surface area (Å²) >= 11 is 0. The lowest BCUT2D eigenvalue weighted by atomic mass is 10.1. The van der Waals surface area contributed by atoms with Crippen molar-refractivity contribution in [3.63, 3.8) is 0 Å². The highest BCUT2D eigenvalue weighted by atomic mass is 16.5. The van der Waals surface area contributed by atoms with Crippen LogP contribution < -0.4 is 10.1 Å². The third-order valence-corrected chi connectivity index (χ3v) is 2.92. The summed E-state index contributed by atoms with van der Waals surface area (Å²) in [6.07, 6.45) is 0.841. The first-order valence-corrected chi connectivity index (χ1v) is 6.42. The van der Waals surface area contributed by atoms with Crippen LogP contribution in [0.5, 0.6) is 5.75 Å². The number of hydrogen-bond acceptors (Lipinski definition) is 5. The van der Waals surface area contributed by atoms with Crippen molar-refractivity contribution in [2.75, 3.05) is 13.7 Å². The third-order valence-electron chi connectivity index (χ3n) is 2.92. The SMILES string of the molecule is CCNCc1nnnn1CCc1ccccc1OC. The molecule has 0 radical (unpaired) electrons. The molecule has 0 saturated carbocycles. The van der Waals surface area contributed by atoms with E-state index in [2.05, 4.69) is 33.8 Å². The second-order valence-electron chi connectivity index (χ2n) is 4.16. The Morgan fingerprint density at radius 3 is 2.95 bits per heavy atom. The fraction of sp³-hybridized carbons (Fsp3) is 0.462. The topological polar surface area (TPSA) is 64.9 Å². The molecular weight excluding hydrogens is 242 g/mol. The van der Waals surface area contributed by atoms with E-state index >= 15 is 0 Å². The number of aromatic nitrogens is 4. The fourth-order valence-electron chi connectivity index (χ4n) is 1.90. The lowest BCUT2D eigenvalue weighted by Crippen LogP contribution is -2.17. The van der Waals surface area contributed by atoms with E-state index in [1.807, 2.05) is 22.9 Å². The summed E-state index contributed by atoms with van der Waals surface area (Å²) in [7, 11) is 1.69. The van der Waals surface area contributed by atoms with E-state index in [1.165, 1.54) is 0 Å². The summed E-state index contributed by atoms with van der Waals surface area (Å²) in [5.74, 6) is 1.76. The predicted octanol–water partition coefficient (Wildman–Crippen LogP) is 1.03. The Hall–Kier alpha value is -1.95. The van der Waals surface area contributed by atoms with Crippen LogP contribution in [-0.2, 0) is 19.5 Å². The Kier molecular flexibility index (Phi) is 4.85. The summed E-state index contributed by atoms with van der Waals surface area (Å²) in [6.45, 7) is 4.39. The van der Waals surface area contributed by atoms with Gasteiger partial charge in [-0.15, -0.1) is 5.10 Å². The van der Waals surface area contributed by atoms with Crippen LogP contribution >= 0.6 is 0 Å². The zero-order valence-electron chi connectivity index (χ0n) is 11.3. The molecule has 2 rings (SSSR count). The Labute approximate surface area is 112 Å². The number of ether oxygens (including phenoxy) is 1. The highest BCUT2D eigenvalue weighted by molar-refractivity contribution is 5.33. The van der Waals surface area contributed by atoms with Crippen molar-refractivity contribution in [2.24, 2.45) is 0 Å². The van der Waals surface area contributed by atoms with E-state index < -0.39 is 0 Å². The van der Waals surface area contributed by atoms with Crippen molar-refractivity contribution < 1.29 is 4.74 Å². The van der Waals surface area contributed by atoms with Gasteiger partial charge in [0.2, 0.25) is 0 Å². The number of nitrogens with zero attached hydrogens (tertiary/aromatic N) is 4. The van der Waals surface area contributed by atoms with E-state index in [9.17, 15) is 0 Å². The van der Waals surface area contributed by atoms with Crippen LogP contribution in [-0.4, -0.2) is 33.9 Å². The van der Waals surface area contributed by atoms with Gasteiger partial charge in [0.05, 0.1) is 13.7 Å². The molecule has 6 nitrogen and oxygen atoms in total. The van der Waals surface area contributed by atoms with Crippen LogP contribution in [0.1, 0.15) is 18.3 Å². The van der Waals surface area contributed by atoms with Gasteiger partial charge in [-0.3, -0.25) is 0 Å². The minimum Gasteiger partial charge on any atom is -0.496 e. The van der Waals surface area contributed by atoms with Gasteiger partial charge < -0.3 is 10.1 Å². The smallest absolute Gasteiger partial charge is 0.165 e. The molecule has 0 atom stereocenters. The minimum atomic E-state index is 0.690. The van der Waals surface area contributed by atoms with Crippen molar-refractivity contribution in [2.45, 2.75) is 26.4 Å².